The van der Waals surface area contributed by atoms with Gasteiger partial charge in [-0.25, -0.2) is 0 Å². The molecule has 4 nitrogen and oxygen atoms in total. The van der Waals surface area contributed by atoms with Crippen LogP contribution in [0.3, 0.4) is 0 Å². The number of carbonyl (C=O) groups is 1. The molecule has 0 unspecified atom stereocenters. The van der Waals surface area contributed by atoms with Crippen LogP contribution in [0.1, 0.15) is 30.7 Å². The maximum Gasteiger partial charge on any atom is 0.237 e. The second kappa shape index (κ2) is 6.91. The SMILES string of the molecule is C[C@@H](NC(=O)[C@@H](N)CCc1ccccc1)c1ccco1. The van der Waals surface area contributed by atoms with Crippen LogP contribution in [0.5, 0.6) is 0 Å². The van der Waals surface area contributed by atoms with Gasteiger partial charge in [0.25, 0.3) is 0 Å². The molecule has 0 bridgehead atoms. The predicted octanol–water partition coefficient (Wildman–Crippen LogP) is 2.42. The Bertz CT molecular complexity index is 523. The van der Waals surface area contributed by atoms with Gasteiger partial charge in [0.1, 0.15) is 5.76 Å². The molecule has 3 N–H and O–H groups in total. The number of nitrogens with two attached hydrogens (primary N) is 1. The Kier molecular flexibility index (Phi) is 4.96. The van der Waals surface area contributed by atoms with Crippen LogP contribution in [-0.2, 0) is 11.2 Å². The maximum absolute atomic E-state index is 12.0. The van der Waals surface area contributed by atoms with E-state index in [1.807, 2.05) is 43.3 Å². The zero-order valence-electron chi connectivity index (χ0n) is 11.6. The van der Waals surface area contributed by atoms with Gasteiger partial charge in [-0.1, -0.05) is 30.3 Å². The van der Waals surface area contributed by atoms with Crippen LogP contribution < -0.4 is 11.1 Å². The molecular weight excluding hydrogens is 252 g/mol. The van der Waals surface area contributed by atoms with E-state index in [4.69, 9.17) is 10.2 Å². The van der Waals surface area contributed by atoms with E-state index in [2.05, 4.69) is 5.32 Å². The van der Waals surface area contributed by atoms with E-state index < -0.39 is 6.04 Å². The molecule has 0 aliphatic heterocycles. The monoisotopic (exact) mass is 272 g/mol. The van der Waals surface area contributed by atoms with Crippen molar-refractivity contribution in [3.05, 3.63) is 60.1 Å². The van der Waals surface area contributed by atoms with Gasteiger partial charge in [0.05, 0.1) is 18.3 Å². The average Bonchev–Trinajstić information content (AvgIpc) is 3.00. The van der Waals surface area contributed by atoms with Gasteiger partial charge in [-0.15, -0.1) is 0 Å². The predicted molar refractivity (Wildman–Crippen MR) is 78.0 cm³/mol. The minimum Gasteiger partial charge on any atom is -0.467 e. The smallest absolute Gasteiger partial charge is 0.237 e. The summed E-state index contributed by atoms with van der Waals surface area (Å²) in [5.41, 5.74) is 7.11. The molecule has 4 heteroatoms. The largest absolute Gasteiger partial charge is 0.467 e. The van der Waals surface area contributed by atoms with Crippen molar-refractivity contribution in [1.82, 2.24) is 5.32 Å². The van der Waals surface area contributed by atoms with Crippen LogP contribution in [0.25, 0.3) is 0 Å². The van der Waals surface area contributed by atoms with Crippen molar-refractivity contribution in [3.8, 4) is 0 Å². The summed E-state index contributed by atoms with van der Waals surface area (Å²) >= 11 is 0. The molecule has 1 amide bonds. The second-order valence-electron chi connectivity index (χ2n) is 4.88. The summed E-state index contributed by atoms with van der Waals surface area (Å²) in [5, 5.41) is 2.86. The number of benzene rings is 1. The van der Waals surface area contributed by atoms with E-state index in [0.29, 0.717) is 6.42 Å². The van der Waals surface area contributed by atoms with E-state index in [1.54, 1.807) is 12.3 Å². The van der Waals surface area contributed by atoms with Crippen molar-refractivity contribution in [1.29, 1.82) is 0 Å². The molecule has 0 aliphatic rings. The first-order valence-corrected chi connectivity index (χ1v) is 6.80. The van der Waals surface area contributed by atoms with Crippen molar-refractivity contribution in [2.45, 2.75) is 31.8 Å². The highest BCUT2D eigenvalue weighted by Crippen LogP contribution is 2.12. The van der Waals surface area contributed by atoms with Crippen molar-refractivity contribution >= 4 is 5.91 Å². The summed E-state index contributed by atoms with van der Waals surface area (Å²) in [6, 6.07) is 13.0. The lowest BCUT2D eigenvalue weighted by Crippen LogP contribution is -2.41. The van der Waals surface area contributed by atoms with Crippen molar-refractivity contribution in [3.63, 3.8) is 0 Å². The standard InChI is InChI=1S/C16H20N2O2/c1-12(15-8-5-11-20-15)18-16(19)14(17)10-9-13-6-3-2-4-7-13/h2-8,11-12,14H,9-10,17H2,1H3,(H,18,19)/t12-,14+/m1/s1. The lowest BCUT2D eigenvalue weighted by Gasteiger charge is -2.16. The van der Waals surface area contributed by atoms with Crippen LogP contribution in [0, 0.1) is 0 Å². The number of furan rings is 1. The van der Waals surface area contributed by atoms with Gasteiger partial charge in [0.2, 0.25) is 5.91 Å². The molecule has 1 heterocycles. The van der Waals surface area contributed by atoms with Gasteiger partial charge < -0.3 is 15.5 Å². The Hall–Kier alpha value is -2.07. The van der Waals surface area contributed by atoms with Gasteiger partial charge in [0.15, 0.2) is 0 Å². The molecule has 2 rings (SSSR count). The van der Waals surface area contributed by atoms with Gasteiger partial charge in [-0.3, -0.25) is 4.79 Å². The Morgan fingerprint density at radius 1 is 1.25 bits per heavy atom. The molecule has 106 valence electrons. The summed E-state index contributed by atoms with van der Waals surface area (Å²) in [4.78, 5) is 12.0. The molecule has 0 saturated heterocycles. The first-order chi connectivity index (χ1) is 9.66. The topological polar surface area (TPSA) is 68.3 Å². The number of nitrogens with one attached hydrogen (secondary N) is 1. The van der Waals surface area contributed by atoms with Gasteiger partial charge in [0, 0.05) is 0 Å². The van der Waals surface area contributed by atoms with Crippen LogP contribution >= 0.6 is 0 Å². The second-order valence-corrected chi connectivity index (χ2v) is 4.88. The molecule has 2 atom stereocenters. The molecule has 20 heavy (non-hydrogen) atoms. The third kappa shape index (κ3) is 3.96. The lowest BCUT2D eigenvalue weighted by molar-refractivity contribution is -0.123. The number of carbonyl (C=O) groups excluding carboxylic acids is 1. The first kappa shape index (κ1) is 14.3. The highest BCUT2D eigenvalue weighted by Gasteiger charge is 2.17. The minimum atomic E-state index is -0.507. The van der Waals surface area contributed by atoms with Crippen molar-refractivity contribution in [2.24, 2.45) is 5.73 Å². The molecule has 0 radical (unpaired) electrons. The Balaban J connectivity index is 1.80. The normalized spacial score (nSPS) is 13.7. The highest BCUT2D eigenvalue weighted by molar-refractivity contribution is 5.81. The Labute approximate surface area is 119 Å². The fourth-order valence-electron chi connectivity index (χ4n) is 2.03. The third-order valence-electron chi connectivity index (χ3n) is 3.25. The zero-order valence-corrected chi connectivity index (χ0v) is 11.6. The summed E-state index contributed by atoms with van der Waals surface area (Å²) in [6.07, 6.45) is 3.01. The number of hydrogen-bond acceptors (Lipinski definition) is 3. The van der Waals surface area contributed by atoms with Crippen molar-refractivity contribution in [2.75, 3.05) is 0 Å². The van der Waals surface area contributed by atoms with Gasteiger partial charge in [-0.05, 0) is 37.5 Å². The summed E-state index contributed by atoms with van der Waals surface area (Å²) < 4.78 is 5.25. The summed E-state index contributed by atoms with van der Waals surface area (Å²) in [7, 11) is 0. The van der Waals surface area contributed by atoms with E-state index in [9.17, 15) is 4.79 Å². The van der Waals surface area contributed by atoms with Crippen LogP contribution in [0.4, 0.5) is 0 Å². The quantitative estimate of drug-likeness (QED) is 0.848. The Morgan fingerprint density at radius 2 is 2.00 bits per heavy atom. The van der Waals surface area contributed by atoms with Crippen LogP contribution in [0.15, 0.2) is 53.1 Å². The minimum absolute atomic E-state index is 0.148. The molecule has 1 aromatic carbocycles. The fraction of sp³-hybridized carbons (Fsp3) is 0.312. The molecule has 2 aromatic rings. The number of aryl methyl sites for hydroxylation is 1. The molecule has 0 saturated carbocycles. The summed E-state index contributed by atoms with van der Waals surface area (Å²) in [5.74, 6) is 0.582. The fourth-order valence-corrected chi connectivity index (χ4v) is 2.03. The molecule has 0 aliphatic carbocycles. The van der Waals surface area contributed by atoms with E-state index >= 15 is 0 Å². The maximum atomic E-state index is 12.0. The van der Waals surface area contributed by atoms with Gasteiger partial charge in [-0.2, -0.15) is 0 Å². The number of rotatable bonds is 6. The highest BCUT2D eigenvalue weighted by atomic mass is 16.3. The molecule has 0 fully saturated rings. The number of hydrogen-bond donors (Lipinski definition) is 2. The van der Waals surface area contributed by atoms with Crippen LogP contribution in [0.2, 0.25) is 0 Å². The van der Waals surface area contributed by atoms with Crippen LogP contribution in [-0.4, -0.2) is 11.9 Å². The summed E-state index contributed by atoms with van der Waals surface area (Å²) in [6.45, 7) is 1.88. The third-order valence-corrected chi connectivity index (χ3v) is 3.25. The van der Waals surface area contributed by atoms with Gasteiger partial charge >= 0.3 is 0 Å². The Morgan fingerprint density at radius 3 is 2.65 bits per heavy atom. The van der Waals surface area contributed by atoms with E-state index in [0.717, 1.165) is 12.2 Å². The van der Waals surface area contributed by atoms with Crippen molar-refractivity contribution < 1.29 is 9.21 Å². The van der Waals surface area contributed by atoms with E-state index in [-0.39, 0.29) is 11.9 Å². The zero-order chi connectivity index (χ0) is 14.4. The average molecular weight is 272 g/mol. The lowest BCUT2D eigenvalue weighted by atomic mass is 10.1. The number of amides is 1. The molecule has 0 spiro atoms. The first-order valence-electron chi connectivity index (χ1n) is 6.80. The van der Waals surface area contributed by atoms with E-state index in [1.165, 1.54) is 5.56 Å². The molecular formula is C16H20N2O2. The molecule has 1 aromatic heterocycles.